The highest BCUT2D eigenvalue weighted by atomic mass is 16.6. The number of hydrogen-bond acceptors (Lipinski definition) is 4. The average molecular weight is 291 g/mol. The monoisotopic (exact) mass is 291 g/mol. The van der Waals surface area contributed by atoms with Gasteiger partial charge in [-0.3, -0.25) is 0 Å². The quantitative estimate of drug-likeness (QED) is 0.923. The minimum absolute atomic E-state index is 0.0551. The molecule has 2 aliphatic heterocycles. The number of methoxy groups -OCH3 is 1. The molecule has 3 atom stereocenters. The van der Waals surface area contributed by atoms with Crippen LogP contribution in [-0.2, 0) is 15.9 Å². The third kappa shape index (κ3) is 3.39. The number of benzene rings is 1. The Morgan fingerprint density at radius 1 is 1.33 bits per heavy atom. The molecule has 2 heterocycles. The van der Waals surface area contributed by atoms with Gasteiger partial charge >= 0.3 is 0 Å². The van der Waals surface area contributed by atoms with E-state index >= 15 is 0 Å². The van der Waals surface area contributed by atoms with Gasteiger partial charge in [-0.1, -0.05) is 12.1 Å². The summed E-state index contributed by atoms with van der Waals surface area (Å²) in [5, 5.41) is 0. The zero-order valence-electron chi connectivity index (χ0n) is 12.7. The van der Waals surface area contributed by atoms with Crippen LogP contribution in [0.4, 0.5) is 0 Å². The molecule has 2 fully saturated rings. The van der Waals surface area contributed by atoms with Crippen molar-refractivity contribution in [1.29, 1.82) is 0 Å². The minimum Gasteiger partial charge on any atom is -0.497 e. The third-order valence-corrected chi connectivity index (χ3v) is 4.83. The first-order valence-electron chi connectivity index (χ1n) is 7.81. The van der Waals surface area contributed by atoms with Gasteiger partial charge in [0.2, 0.25) is 0 Å². The maximum Gasteiger partial charge on any atom is 0.118 e. The third-order valence-electron chi connectivity index (χ3n) is 4.83. The molecule has 1 aromatic carbocycles. The molecule has 21 heavy (non-hydrogen) atoms. The Bertz CT molecular complexity index is 454. The Labute approximate surface area is 126 Å². The second kappa shape index (κ2) is 6.34. The van der Waals surface area contributed by atoms with Crippen molar-refractivity contribution in [2.24, 2.45) is 11.7 Å². The van der Waals surface area contributed by atoms with Crippen molar-refractivity contribution in [1.82, 2.24) is 0 Å². The van der Waals surface area contributed by atoms with Crippen LogP contribution in [0.3, 0.4) is 0 Å². The molecule has 0 amide bonds. The molecular formula is C17H25NO3. The van der Waals surface area contributed by atoms with E-state index in [2.05, 4.69) is 12.1 Å². The molecule has 2 N–H and O–H groups in total. The van der Waals surface area contributed by atoms with Gasteiger partial charge in [-0.2, -0.15) is 0 Å². The molecule has 0 saturated carbocycles. The molecular weight excluding hydrogens is 266 g/mol. The zero-order valence-corrected chi connectivity index (χ0v) is 12.7. The lowest BCUT2D eigenvalue weighted by Gasteiger charge is -2.39. The van der Waals surface area contributed by atoms with Gasteiger partial charge in [-0.05, 0) is 42.9 Å². The fraction of sp³-hybridized carbons (Fsp3) is 0.647. The van der Waals surface area contributed by atoms with Crippen LogP contribution < -0.4 is 10.5 Å². The van der Waals surface area contributed by atoms with E-state index in [9.17, 15) is 0 Å². The normalized spacial score (nSPS) is 30.5. The average Bonchev–Trinajstić information content (AvgIpc) is 2.96. The Kier molecular flexibility index (Phi) is 4.48. The summed E-state index contributed by atoms with van der Waals surface area (Å²) in [5.41, 5.74) is 7.69. The fourth-order valence-electron chi connectivity index (χ4n) is 3.49. The van der Waals surface area contributed by atoms with Crippen molar-refractivity contribution in [3.05, 3.63) is 29.8 Å². The van der Waals surface area contributed by atoms with Crippen LogP contribution in [0.25, 0.3) is 0 Å². The lowest BCUT2D eigenvalue weighted by molar-refractivity contribution is -0.101. The van der Waals surface area contributed by atoms with Crippen molar-refractivity contribution < 1.29 is 14.2 Å². The maximum absolute atomic E-state index is 6.47. The predicted octanol–water partition coefficient (Wildman–Crippen LogP) is 2.15. The standard InChI is InChI=1S/C17H25NO3/c1-19-15-4-2-13(3-5-15)10-16(18)14-6-8-21-17(11-14)7-9-20-12-17/h2-5,14,16H,6-12,18H2,1H3. The first-order chi connectivity index (χ1) is 10.2. The van der Waals surface area contributed by atoms with Gasteiger partial charge in [0, 0.05) is 25.7 Å². The van der Waals surface area contributed by atoms with E-state index < -0.39 is 0 Å². The van der Waals surface area contributed by atoms with Crippen molar-refractivity contribution >= 4 is 0 Å². The lowest BCUT2D eigenvalue weighted by atomic mass is 9.80. The largest absolute Gasteiger partial charge is 0.497 e. The molecule has 1 spiro atoms. The van der Waals surface area contributed by atoms with Gasteiger partial charge < -0.3 is 19.9 Å². The Hall–Kier alpha value is -1.10. The molecule has 2 saturated heterocycles. The van der Waals surface area contributed by atoms with Crippen molar-refractivity contribution in [2.45, 2.75) is 37.3 Å². The van der Waals surface area contributed by atoms with Gasteiger partial charge in [0.25, 0.3) is 0 Å². The Morgan fingerprint density at radius 3 is 2.81 bits per heavy atom. The van der Waals surface area contributed by atoms with Gasteiger partial charge in [0.1, 0.15) is 5.75 Å². The molecule has 3 unspecified atom stereocenters. The molecule has 1 aromatic rings. The molecule has 2 aliphatic rings. The maximum atomic E-state index is 6.47. The van der Waals surface area contributed by atoms with E-state index in [1.165, 1.54) is 5.56 Å². The number of ether oxygens (including phenoxy) is 3. The lowest BCUT2D eigenvalue weighted by Crippen LogP contribution is -2.46. The van der Waals surface area contributed by atoms with Crippen LogP contribution in [0.15, 0.2) is 24.3 Å². The first-order valence-corrected chi connectivity index (χ1v) is 7.81. The van der Waals surface area contributed by atoms with Crippen molar-refractivity contribution in [3.8, 4) is 5.75 Å². The van der Waals surface area contributed by atoms with Gasteiger partial charge in [0.15, 0.2) is 0 Å². The van der Waals surface area contributed by atoms with E-state index in [1.54, 1.807) is 7.11 Å². The zero-order chi connectivity index (χ0) is 14.7. The SMILES string of the molecule is COc1ccc(CC(N)C2CCOC3(CCOC3)C2)cc1. The summed E-state index contributed by atoms with van der Waals surface area (Å²) in [4.78, 5) is 0. The van der Waals surface area contributed by atoms with Crippen LogP contribution in [-0.4, -0.2) is 38.6 Å². The second-order valence-electron chi connectivity index (χ2n) is 6.30. The Balaban J connectivity index is 1.60. The summed E-state index contributed by atoms with van der Waals surface area (Å²) in [6, 6.07) is 8.38. The minimum atomic E-state index is -0.0551. The highest BCUT2D eigenvalue weighted by molar-refractivity contribution is 5.27. The van der Waals surface area contributed by atoms with Crippen LogP contribution in [0.5, 0.6) is 5.75 Å². The van der Waals surface area contributed by atoms with Crippen LogP contribution in [0.1, 0.15) is 24.8 Å². The van der Waals surface area contributed by atoms with Crippen molar-refractivity contribution in [3.63, 3.8) is 0 Å². The molecule has 116 valence electrons. The van der Waals surface area contributed by atoms with E-state index in [0.717, 1.165) is 51.3 Å². The fourth-order valence-corrected chi connectivity index (χ4v) is 3.49. The van der Waals surface area contributed by atoms with Crippen LogP contribution in [0.2, 0.25) is 0 Å². The highest BCUT2D eigenvalue weighted by Gasteiger charge is 2.42. The topological polar surface area (TPSA) is 53.7 Å². The highest BCUT2D eigenvalue weighted by Crippen LogP contribution is 2.37. The van der Waals surface area contributed by atoms with E-state index in [-0.39, 0.29) is 11.6 Å². The number of rotatable bonds is 4. The van der Waals surface area contributed by atoms with E-state index in [0.29, 0.717) is 5.92 Å². The van der Waals surface area contributed by atoms with E-state index in [4.69, 9.17) is 19.9 Å². The summed E-state index contributed by atoms with van der Waals surface area (Å²) in [7, 11) is 1.69. The summed E-state index contributed by atoms with van der Waals surface area (Å²) in [6.45, 7) is 2.36. The second-order valence-corrected chi connectivity index (χ2v) is 6.30. The van der Waals surface area contributed by atoms with Crippen molar-refractivity contribution in [2.75, 3.05) is 26.9 Å². The Morgan fingerprint density at radius 2 is 2.14 bits per heavy atom. The summed E-state index contributed by atoms with van der Waals surface area (Å²) < 4.78 is 16.7. The molecule has 4 heteroatoms. The predicted molar refractivity (Wildman–Crippen MR) is 81.5 cm³/mol. The summed E-state index contributed by atoms with van der Waals surface area (Å²) in [6.07, 6.45) is 4.01. The first kappa shape index (κ1) is 14.8. The molecule has 0 radical (unpaired) electrons. The van der Waals surface area contributed by atoms with Crippen LogP contribution in [0, 0.1) is 5.92 Å². The molecule has 0 aromatic heterocycles. The smallest absolute Gasteiger partial charge is 0.118 e. The molecule has 0 bridgehead atoms. The molecule has 0 aliphatic carbocycles. The van der Waals surface area contributed by atoms with E-state index in [1.807, 2.05) is 12.1 Å². The van der Waals surface area contributed by atoms with Crippen LogP contribution >= 0.6 is 0 Å². The number of hydrogen-bond donors (Lipinski definition) is 1. The summed E-state index contributed by atoms with van der Waals surface area (Å²) >= 11 is 0. The van der Waals surface area contributed by atoms with Gasteiger partial charge in [0.05, 0.1) is 19.3 Å². The molecule has 3 rings (SSSR count). The summed E-state index contributed by atoms with van der Waals surface area (Å²) in [5.74, 6) is 1.41. The van der Waals surface area contributed by atoms with Gasteiger partial charge in [-0.25, -0.2) is 0 Å². The van der Waals surface area contributed by atoms with Gasteiger partial charge in [-0.15, -0.1) is 0 Å². The molecule has 4 nitrogen and oxygen atoms in total. The number of nitrogens with two attached hydrogens (primary N) is 1.